The number of aromatic nitrogens is 3. The van der Waals surface area contributed by atoms with E-state index in [1.165, 1.54) is 0 Å². The first-order valence-corrected chi connectivity index (χ1v) is 9.07. The van der Waals surface area contributed by atoms with Gasteiger partial charge in [-0.2, -0.15) is 0 Å². The fraction of sp³-hybridized carbons (Fsp3) is 0.526. The highest BCUT2D eigenvalue weighted by atomic mass is 16.2. The Hall–Kier alpha value is -2.21. The molecule has 0 aliphatic heterocycles. The Kier molecular flexibility index (Phi) is 7.13. The largest absolute Gasteiger partial charge is 0.348 e. The minimum atomic E-state index is -0.157. The summed E-state index contributed by atoms with van der Waals surface area (Å²) in [6, 6.07) is 9.83. The molecular weight excluding hydrogens is 314 g/mol. The number of amides is 1. The molecule has 0 aliphatic rings. The average Bonchev–Trinajstić information content (AvgIpc) is 3.01. The maximum atomic E-state index is 12.5. The number of para-hydroxylation sites is 1. The third-order valence-electron chi connectivity index (χ3n) is 4.49. The van der Waals surface area contributed by atoms with E-state index in [4.69, 9.17) is 0 Å². The molecule has 1 aromatic heterocycles. The first-order chi connectivity index (χ1) is 12.1. The maximum Gasteiger partial charge on any atom is 0.273 e. The van der Waals surface area contributed by atoms with Crippen molar-refractivity contribution in [2.45, 2.75) is 46.6 Å². The quantitative estimate of drug-likeness (QED) is 0.760. The molecule has 0 radical (unpaired) electrons. The summed E-state index contributed by atoms with van der Waals surface area (Å²) in [5, 5.41) is 11.2. The number of benzene rings is 1. The molecule has 0 unspecified atom stereocenters. The van der Waals surface area contributed by atoms with Crippen LogP contribution in [0.1, 0.15) is 49.8 Å². The van der Waals surface area contributed by atoms with E-state index in [1.54, 1.807) is 4.68 Å². The summed E-state index contributed by atoms with van der Waals surface area (Å²) >= 11 is 0. The Morgan fingerprint density at radius 3 is 2.56 bits per heavy atom. The zero-order chi connectivity index (χ0) is 18.2. The van der Waals surface area contributed by atoms with Crippen molar-refractivity contribution in [2.75, 3.05) is 19.6 Å². The van der Waals surface area contributed by atoms with Gasteiger partial charge in [0.2, 0.25) is 0 Å². The number of hydrogen-bond acceptors (Lipinski definition) is 4. The number of carbonyl (C=O) groups excluding carboxylic acids is 1. The van der Waals surface area contributed by atoms with Crippen molar-refractivity contribution < 1.29 is 4.79 Å². The highest BCUT2D eigenvalue weighted by Gasteiger charge is 2.18. The van der Waals surface area contributed by atoms with Gasteiger partial charge in [0.15, 0.2) is 5.69 Å². The van der Waals surface area contributed by atoms with Gasteiger partial charge in [-0.15, -0.1) is 5.10 Å². The number of hydrogen-bond donors (Lipinski definition) is 1. The van der Waals surface area contributed by atoms with E-state index < -0.39 is 0 Å². The monoisotopic (exact) mass is 343 g/mol. The predicted molar refractivity (Wildman–Crippen MR) is 100 cm³/mol. The van der Waals surface area contributed by atoms with Crippen LogP contribution < -0.4 is 5.32 Å². The summed E-state index contributed by atoms with van der Waals surface area (Å²) in [6.07, 6.45) is 2.02. The van der Waals surface area contributed by atoms with Gasteiger partial charge >= 0.3 is 0 Å². The molecular formula is C19H29N5O. The highest BCUT2D eigenvalue weighted by molar-refractivity contribution is 5.93. The minimum Gasteiger partial charge on any atom is -0.348 e. The second kappa shape index (κ2) is 9.32. The van der Waals surface area contributed by atoms with Crippen molar-refractivity contribution in [3.8, 4) is 5.69 Å². The van der Waals surface area contributed by atoms with Crippen molar-refractivity contribution in [1.29, 1.82) is 0 Å². The summed E-state index contributed by atoms with van der Waals surface area (Å²) in [5.74, 6) is -0.157. The molecule has 2 aromatic rings. The van der Waals surface area contributed by atoms with Crippen molar-refractivity contribution in [3.05, 3.63) is 41.7 Å². The van der Waals surface area contributed by atoms with Crippen LogP contribution in [0.5, 0.6) is 0 Å². The van der Waals surface area contributed by atoms with E-state index in [1.807, 2.05) is 44.2 Å². The van der Waals surface area contributed by atoms with Crippen LogP contribution in [0.3, 0.4) is 0 Å². The van der Waals surface area contributed by atoms with E-state index in [0.29, 0.717) is 5.69 Å². The Morgan fingerprint density at radius 1 is 1.24 bits per heavy atom. The average molecular weight is 343 g/mol. The molecule has 136 valence electrons. The molecule has 0 bridgehead atoms. The summed E-state index contributed by atoms with van der Waals surface area (Å²) in [6.45, 7) is 11.5. The predicted octanol–water partition coefficient (Wildman–Crippen LogP) is 2.82. The normalized spacial score (nSPS) is 12.4. The van der Waals surface area contributed by atoms with Crippen LogP contribution in [0.4, 0.5) is 0 Å². The van der Waals surface area contributed by atoms with Crippen molar-refractivity contribution in [3.63, 3.8) is 0 Å². The first kappa shape index (κ1) is 19.1. The van der Waals surface area contributed by atoms with Crippen molar-refractivity contribution in [1.82, 2.24) is 25.2 Å². The molecule has 0 saturated heterocycles. The molecule has 6 heteroatoms. The van der Waals surface area contributed by atoms with Gasteiger partial charge < -0.3 is 10.2 Å². The van der Waals surface area contributed by atoms with Crippen LogP contribution in [0.25, 0.3) is 5.69 Å². The maximum absolute atomic E-state index is 12.5. The van der Waals surface area contributed by atoms with Crippen LogP contribution in [0.15, 0.2) is 30.3 Å². The molecule has 1 heterocycles. The van der Waals surface area contributed by atoms with Crippen LogP contribution in [0.2, 0.25) is 0 Å². The number of rotatable bonds is 9. The minimum absolute atomic E-state index is 0.115. The van der Waals surface area contributed by atoms with Gasteiger partial charge in [0.05, 0.1) is 11.4 Å². The van der Waals surface area contributed by atoms with Crippen molar-refractivity contribution in [2.24, 2.45) is 0 Å². The highest BCUT2D eigenvalue weighted by Crippen LogP contribution is 2.12. The van der Waals surface area contributed by atoms with Crippen LogP contribution in [-0.4, -0.2) is 51.5 Å². The molecule has 0 aliphatic carbocycles. The molecule has 2 rings (SSSR count). The molecule has 0 fully saturated rings. The van der Waals surface area contributed by atoms with Gasteiger partial charge in [-0.3, -0.25) is 4.79 Å². The molecule has 0 spiro atoms. The Bertz CT molecular complexity index is 664. The van der Waals surface area contributed by atoms with E-state index in [9.17, 15) is 4.79 Å². The SMILES string of the molecule is CCN(CC)CCC[C@@H](C)NC(=O)c1nnn(-c2ccccc2)c1C. The topological polar surface area (TPSA) is 63.1 Å². The third-order valence-corrected chi connectivity index (χ3v) is 4.49. The lowest BCUT2D eigenvalue weighted by Crippen LogP contribution is -2.34. The molecule has 1 amide bonds. The Labute approximate surface area is 150 Å². The third kappa shape index (κ3) is 5.13. The van der Waals surface area contributed by atoms with Crippen LogP contribution >= 0.6 is 0 Å². The standard InChI is InChI=1S/C19H29N5O/c1-5-23(6-2)14-10-11-15(3)20-19(25)18-16(4)24(22-21-18)17-12-8-7-9-13-17/h7-9,12-13,15H,5-6,10-11,14H2,1-4H3,(H,20,25)/t15-/m1/s1. The zero-order valence-electron chi connectivity index (χ0n) is 15.7. The van der Waals surface area contributed by atoms with Crippen LogP contribution in [-0.2, 0) is 0 Å². The summed E-state index contributed by atoms with van der Waals surface area (Å²) in [4.78, 5) is 14.9. The van der Waals surface area contributed by atoms with Crippen molar-refractivity contribution >= 4 is 5.91 Å². The lowest BCUT2D eigenvalue weighted by molar-refractivity contribution is 0.0931. The first-order valence-electron chi connectivity index (χ1n) is 9.07. The molecule has 1 aromatic carbocycles. The number of carbonyl (C=O) groups is 1. The Morgan fingerprint density at radius 2 is 1.92 bits per heavy atom. The van der Waals surface area contributed by atoms with E-state index in [-0.39, 0.29) is 11.9 Å². The second-order valence-corrected chi connectivity index (χ2v) is 6.31. The van der Waals surface area contributed by atoms with Gasteiger partial charge in [0, 0.05) is 6.04 Å². The van der Waals surface area contributed by atoms with Gasteiger partial charge in [0.1, 0.15) is 0 Å². The number of nitrogens with zero attached hydrogens (tertiary/aromatic N) is 4. The lowest BCUT2D eigenvalue weighted by atomic mass is 10.1. The molecule has 1 atom stereocenters. The molecule has 1 N–H and O–H groups in total. The number of nitrogens with one attached hydrogen (secondary N) is 1. The van der Waals surface area contributed by atoms with E-state index in [0.717, 1.165) is 43.9 Å². The fourth-order valence-electron chi connectivity index (χ4n) is 2.88. The molecule has 6 nitrogen and oxygen atoms in total. The second-order valence-electron chi connectivity index (χ2n) is 6.31. The summed E-state index contributed by atoms with van der Waals surface area (Å²) in [7, 11) is 0. The van der Waals surface area contributed by atoms with Gasteiger partial charge in [-0.25, -0.2) is 4.68 Å². The lowest BCUT2D eigenvalue weighted by Gasteiger charge is -2.19. The Balaban J connectivity index is 1.92. The molecule has 0 saturated carbocycles. The van der Waals surface area contributed by atoms with Gasteiger partial charge in [-0.1, -0.05) is 37.3 Å². The van der Waals surface area contributed by atoms with Crippen LogP contribution in [0, 0.1) is 6.92 Å². The fourth-order valence-corrected chi connectivity index (χ4v) is 2.88. The van der Waals surface area contributed by atoms with E-state index >= 15 is 0 Å². The van der Waals surface area contributed by atoms with Gasteiger partial charge in [-0.05, 0) is 58.5 Å². The van der Waals surface area contributed by atoms with E-state index in [2.05, 4.69) is 34.4 Å². The smallest absolute Gasteiger partial charge is 0.273 e. The molecule has 25 heavy (non-hydrogen) atoms. The zero-order valence-corrected chi connectivity index (χ0v) is 15.7. The summed E-state index contributed by atoms with van der Waals surface area (Å²) in [5.41, 5.74) is 2.04. The summed E-state index contributed by atoms with van der Waals surface area (Å²) < 4.78 is 1.69. The van der Waals surface area contributed by atoms with Gasteiger partial charge in [0.25, 0.3) is 5.91 Å².